The van der Waals surface area contributed by atoms with Gasteiger partial charge in [-0.1, -0.05) is 30.3 Å². The second-order valence-corrected chi connectivity index (χ2v) is 5.85. The lowest BCUT2D eigenvalue weighted by Gasteiger charge is -2.12. The molecule has 130 valence electrons. The number of aryl methyl sites for hydroxylation is 1. The number of hydrogen-bond acceptors (Lipinski definition) is 5. The largest absolute Gasteiger partial charge is 0.319 e. The van der Waals surface area contributed by atoms with Crippen LogP contribution in [0.25, 0.3) is 0 Å². The summed E-state index contributed by atoms with van der Waals surface area (Å²) in [6, 6.07) is 12.0. The molecule has 2 amide bonds. The lowest BCUT2D eigenvalue weighted by Crippen LogP contribution is -2.50. The molecule has 25 heavy (non-hydrogen) atoms. The monoisotopic (exact) mass is 341 g/mol. The van der Waals surface area contributed by atoms with Crippen molar-refractivity contribution in [1.29, 1.82) is 0 Å². The van der Waals surface area contributed by atoms with Crippen molar-refractivity contribution in [2.75, 3.05) is 0 Å². The number of aromatic nitrogens is 1. The molecule has 0 saturated carbocycles. The van der Waals surface area contributed by atoms with Crippen LogP contribution >= 0.6 is 0 Å². The topological polar surface area (TPSA) is 104 Å². The van der Waals surface area contributed by atoms with E-state index in [1.54, 1.807) is 7.05 Å². The van der Waals surface area contributed by atoms with Gasteiger partial charge in [-0.05, 0) is 18.1 Å². The molecule has 8 heteroatoms. The number of carbonyl (C=O) groups excluding carboxylic acids is 2. The van der Waals surface area contributed by atoms with E-state index in [-0.39, 0.29) is 23.1 Å². The van der Waals surface area contributed by atoms with Crippen LogP contribution in [0, 0.1) is 0 Å². The van der Waals surface area contributed by atoms with E-state index in [9.17, 15) is 14.4 Å². The number of benzene rings is 1. The molecule has 1 fully saturated rings. The van der Waals surface area contributed by atoms with Crippen molar-refractivity contribution in [3.8, 4) is 0 Å². The molecule has 2 aromatic rings. The summed E-state index contributed by atoms with van der Waals surface area (Å²) in [5.74, 6) is -0.903. The Balaban J connectivity index is 1.53. The Morgan fingerprint density at radius 1 is 1.12 bits per heavy atom. The number of hydrogen-bond donors (Lipinski definition) is 4. The minimum Gasteiger partial charge on any atom is -0.319 e. The summed E-state index contributed by atoms with van der Waals surface area (Å²) in [7, 11) is 1.59. The van der Waals surface area contributed by atoms with E-state index in [2.05, 4.69) is 21.7 Å². The van der Waals surface area contributed by atoms with Crippen LogP contribution in [0.15, 0.2) is 53.5 Å². The molecule has 1 aliphatic rings. The van der Waals surface area contributed by atoms with Crippen molar-refractivity contribution < 1.29 is 9.59 Å². The molecule has 3 rings (SSSR count). The zero-order chi connectivity index (χ0) is 17.8. The Kier molecular flexibility index (Phi) is 4.92. The molecule has 2 unspecified atom stereocenters. The summed E-state index contributed by atoms with van der Waals surface area (Å²) < 4.78 is 1.35. The Morgan fingerprint density at radius 3 is 2.60 bits per heavy atom. The highest BCUT2D eigenvalue weighted by Crippen LogP contribution is 2.21. The molecule has 1 saturated heterocycles. The number of nitrogens with one attached hydrogen (secondary N) is 4. The molecule has 0 spiro atoms. The van der Waals surface area contributed by atoms with Gasteiger partial charge in [0.05, 0.1) is 0 Å². The van der Waals surface area contributed by atoms with Gasteiger partial charge in [-0.25, -0.2) is 10.9 Å². The van der Waals surface area contributed by atoms with Crippen LogP contribution in [0.3, 0.4) is 0 Å². The quantitative estimate of drug-likeness (QED) is 0.577. The van der Waals surface area contributed by atoms with Gasteiger partial charge in [0, 0.05) is 30.9 Å². The van der Waals surface area contributed by atoms with Crippen LogP contribution in [-0.2, 0) is 11.8 Å². The van der Waals surface area contributed by atoms with Crippen molar-refractivity contribution in [3.63, 3.8) is 0 Å². The highest BCUT2D eigenvalue weighted by Gasteiger charge is 2.30. The standard InChI is InChI=1S/C17H19N5O3/c1-22-8-7-12(9-15(22)23)16(24)20-21-17(25)14-10-13(18-19-14)11-5-3-2-4-6-11/h2-9,13-14,18-19H,10H2,1H3,(H,20,24)(H,21,25). The third-order valence-electron chi connectivity index (χ3n) is 4.09. The first-order valence-corrected chi connectivity index (χ1v) is 7.87. The highest BCUT2D eigenvalue weighted by molar-refractivity contribution is 5.95. The van der Waals surface area contributed by atoms with Gasteiger partial charge in [0.1, 0.15) is 6.04 Å². The molecule has 0 aliphatic carbocycles. The van der Waals surface area contributed by atoms with Gasteiger partial charge < -0.3 is 4.57 Å². The number of nitrogens with zero attached hydrogens (tertiary/aromatic N) is 1. The van der Waals surface area contributed by atoms with Crippen LogP contribution in [0.5, 0.6) is 0 Å². The molecule has 4 N–H and O–H groups in total. The predicted octanol–water partition coefficient (Wildman–Crippen LogP) is -0.246. The first-order valence-electron chi connectivity index (χ1n) is 7.87. The normalized spacial score (nSPS) is 19.4. The van der Waals surface area contributed by atoms with Crippen molar-refractivity contribution >= 4 is 11.8 Å². The van der Waals surface area contributed by atoms with Gasteiger partial charge in [0.2, 0.25) is 0 Å². The summed E-state index contributed by atoms with van der Waals surface area (Å²) in [5.41, 5.74) is 11.7. The van der Waals surface area contributed by atoms with Gasteiger partial charge >= 0.3 is 0 Å². The van der Waals surface area contributed by atoms with E-state index in [4.69, 9.17) is 0 Å². The van der Waals surface area contributed by atoms with Crippen molar-refractivity contribution in [3.05, 3.63) is 70.1 Å². The number of rotatable bonds is 3. The second kappa shape index (κ2) is 7.29. The fraction of sp³-hybridized carbons (Fsp3) is 0.235. The fourth-order valence-electron chi connectivity index (χ4n) is 2.60. The molecule has 2 heterocycles. The Labute approximate surface area is 144 Å². The maximum absolute atomic E-state index is 12.2. The predicted molar refractivity (Wildman–Crippen MR) is 91.2 cm³/mol. The van der Waals surface area contributed by atoms with Crippen LogP contribution in [-0.4, -0.2) is 22.4 Å². The number of amides is 2. The van der Waals surface area contributed by atoms with E-state index in [1.807, 2.05) is 30.3 Å². The Morgan fingerprint density at radius 2 is 1.88 bits per heavy atom. The highest BCUT2D eigenvalue weighted by atomic mass is 16.2. The van der Waals surface area contributed by atoms with Crippen molar-refractivity contribution in [2.45, 2.75) is 18.5 Å². The van der Waals surface area contributed by atoms with Crippen LogP contribution in [0.2, 0.25) is 0 Å². The first kappa shape index (κ1) is 16.9. The molecular formula is C17H19N5O3. The summed E-state index contributed by atoms with van der Waals surface area (Å²) in [6.07, 6.45) is 2.05. The Hall–Kier alpha value is -2.97. The minimum atomic E-state index is -0.545. The lowest BCUT2D eigenvalue weighted by molar-refractivity contribution is -0.123. The van der Waals surface area contributed by atoms with Gasteiger partial charge in [0.15, 0.2) is 0 Å². The van der Waals surface area contributed by atoms with E-state index < -0.39 is 11.9 Å². The molecule has 1 aromatic carbocycles. The molecule has 0 bridgehead atoms. The number of hydrazine groups is 2. The van der Waals surface area contributed by atoms with Crippen molar-refractivity contribution in [2.24, 2.45) is 7.05 Å². The number of carbonyl (C=O) groups is 2. The molecule has 2 atom stereocenters. The van der Waals surface area contributed by atoms with E-state index >= 15 is 0 Å². The second-order valence-electron chi connectivity index (χ2n) is 5.85. The van der Waals surface area contributed by atoms with Crippen LogP contribution in [0.4, 0.5) is 0 Å². The average Bonchev–Trinajstić information content (AvgIpc) is 3.12. The smallest absolute Gasteiger partial charge is 0.269 e. The summed E-state index contributed by atoms with van der Waals surface area (Å²) >= 11 is 0. The summed E-state index contributed by atoms with van der Waals surface area (Å²) in [4.78, 5) is 35.7. The fourth-order valence-corrected chi connectivity index (χ4v) is 2.60. The molecule has 1 aliphatic heterocycles. The maximum atomic E-state index is 12.2. The first-order chi connectivity index (χ1) is 12.0. The molecule has 1 aromatic heterocycles. The third kappa shape index (κ3) is 3.93. The summed E-state index contributed by atoms with van der Waals surface area (Å²) in [6.45, 7) is 0. The van der Waals surface area contributed by atoms with E-state index in [1.165, 1.54) is 22.9 Å². The molecule has 8 nitrogen and oxygen atoms in total. The third-order valence-corrected chi connectivity index (χ3v) is 4.09. The van der Waals surface area contributed by atoms with Crippen LogP contribution in [0.1, 0.15) is 28.4 Å². The van der Waals surface area contributed by atoms with Gasteiger partial charge in [-0.3, -0.25) is 25.2 Å². The van der Waals surface area contributed by atoms with Gasteiger partial charge in [-0.2, -0.15) is 0 Å². The summed E-state index contributed by atoms with van der Waals surface area (Å²) in [5, 5.41) is 0. The van der Waals surface area contributed by atoms with Crippen molar-refractivity contribution in [1.82, 2.24) is 26.3 Å². The zero-order valence-corrected chi connectivity index (χ0v) is 13.7. The van der Waals surface area contributed by atoms with E-state index in [0.717, 1.165) is 5.56 Å². The zero-order valence-electron chi connectivity index (χ0n) is 13.7. The SMILES string of the molecule is Cn1ccc(C(=O)NNC(=O)C2CC(c3ccccc3)NN2)cc1=O. The lowest BCUT2D eigenvalue weighted by atomic mass is 10.0. The molecule has 0 radical (unpaired) electrons. The van der Waals surface area contributed by atoms with Crippen LogP contribution < -0.4 is 27.3 Å². The number of pyridine rings is 1. The average molecular weight is 341 g/mol. The molecular weight excluding hydrogens is 322 g/mol. The minimum absolute atomic E-state index is 0.0183. The van der Waals surface area contributed by atoms with E-state index in [0.29, 0.717) is 6.42 Å². The Bertz CT molecular complexity index is 834. The van der Waals surface area contributed by atoms with Gasteiger partial charge in [0.25, 0.3) is 17.4 Å². The maximum Gasteiger partial charge on any atom is 0.269 e. The van der Waals surface area contributed by atoms with Gasteiger partial charge in [-0.15, -0.1) is 0 Å².